The van der Waals surface area contributed by atoms with Gasteiger partial charge < -0.3 is 5.32 Å². The SMILES string of the molecule is Cc1ccnc(NC2CCSCC2)c1[N+](=O)[O-]. The number of thioether (sulfide) groups is 1. The summed E-state index contributed by atoms with van der Waals surface area (Å²) in [5.74, 6) is 2.63. The maximum Gasteiger partial charge on any atom is 0.314 e. The summed E-state index contributed by atoms with van der Waals surface area (Å²) >= 11 is 1.93. The van der Waals surface area contributed by atoms with Crippen LogP contribution in [0.5, 0.6) is 0 Å². The Morgan fingerprint density at radius 3 is 2.88 bits per heavy atom. The molecule has 0 amide bonds. The lowest BCUT2D eigenvalue weighted by Crippen LogP contribution is -2.25. The Bertz CT molecular complexity index is 419. The Labute approximate surface area is 104 Å². The fraction of sp³-hybridized carbons (Fsp3) is 0.545. The maximum atomic E-state index is 11.0. The van der Waals surface area contributed by atoms with Crippen molar-refractivity contribution in [3.05, 3.63) is 27.9 Å². The molecule has 1 N–H and O–H groups in total. The average Bonchev–Trinajstić information content (AvgIpc) is 2.30. The van der Waals surface area contributed by atoms with E-state index in [1.165, 1.54) is 0 Å². The van der Waals surface area contributed by atoms with Gasteiger partial charge in [0, 0.05) is 17.8 Å². The van der Waals surface area contributed by atoms with Crippen LogP contribution in [0.2, 0.25) is 0 Å². The third-order valence-corrected chi connectivity index (χ3v) is 3.92. The van der Waals surface area contributed by atoms with Crippen LogP contribution in [0.1, 0.15) is 18.4 Å². The first-order chi connectivity index (χ1) is 8.18. The van der Waals surface area contributed by atoms with E-state index in [0.717, 1.165) is 24.3 Å². The topological polar surface area (TPSA) is 68.1 Å². The van der Waals surface area contributed by atoms with Crippen LogP contribution >= 0.6 is 11.8 Å². The highest BCUT2D eigenvalue weighted by Crippen LogP contribution is 2.28. The summed E-state index contributed by atoms with van der Waals surface area (Å²) in [5.41, 5.74) is 0.753. The zero-order valence-electron chi connectivity index (χ0n) is 9.68. The Kier molecular flexibility index (Phi) is 3.83. The molecule has 0 aliphatic carbocycles. The van der Waals surface area contributed by atoms with E-state index in [0.29, 0.717) is 17.4 Å². The van der Waals surface area contributed by atoms with Crippen molar-refractivity contribution in [1.29, 1.82) is 0 Å². The number of nitro groups is 1. The number of hydrogen-bond acceptors (Lipinski definition) is 5. The molecule has 0 bridgehead atoms. The molecule has 92 valence electrons. The zero-order valence-corrected chi connectivity index (χ0v) is 10.5. The Balaban J connectivity index is 2.19. The summed E-state index contributed by atoms with van der Waals surface area (Å²) in [4.78, 5) is 14.7. The van der Waals surface area contributed by atoms with Crippen molar-refractivity contribution >= 4 is 23.3 Å². The molecule has 2 heterocycles. The molecule has 1 fully saturated rings. The van der Waals surface area contributed by atoms with Crippen LogP contribution < -0.4 is 5.32 Å². The van der Waals surface area contributed by atoms with Gasteiger partial charge >= 0.3 is 5.69 Å². The van der Waals surface area contributed by atoms with Gasteiger partial charge in [-0.15, -0.1) is 0 Å². The zero-order chi connectivity index (χ0) is 12.3. The van der Waals surface area contributed by atoms with E-state index in [9.17, 15) is 10.1 Å². The monoisotopic (exact) mass is 253 g/mol. The third kappa shape index (κ3) is 2.88. The van der Waals surface area contributed by atoms with Gasteiger partial charge in [0.1, 0.15) is 0 Å². The van der Waals surface area contributed by atoms with Crippen LogP contribution in [0.4, 0.5) is 11.5 Å². The van der Waals surface area contributed by atoms with Crippen molar-refractivity contribution in [1.82, 2.24) is 4.98 Å². The van der Waals surface area contributed by atoms with Crippen LogP contribution in [0.25, 0.3) is 0 Å². The predicted molar refractivity (Wildman–Crippen MR) is 69.6 cm³/mol. The molecule has 1 aliphatic rings. The minimum Gasteiger partial charge on any atom is -0.362 e. The van der Waals surface area contributed by atoms with Crippen molar-refractivity contribution < 1.29 is 4.92 Å². The molecular formula is C11H15N3O2S. The third-order valence-electron chi connectivity index (χ3n) is 2.87. The number of nitrogens with one attached hydrogen (secondary N) is 1. The van der Waals surface area contributed by atoms with Crippen molar-refractivity contribution in [3.8, 4) is 0 Å². The number of pyridine rings is 1. The molecule has 2 rings (SSSR count). The average molecular weight is 253 g/mol. The van der Waals surface area contributed by atoms with E-state index < -0.39 is 0 Å². The van der Waals surface area contributed by atoms with Gasteiger partial charge in [-0.1, -0.05) is 0 Å². The standard InChI is InChI=1S/C11H15N3O2S/c1-8-2-5-12-11(10(8)14(15)16)13-9-3-6-17-7-4-9/h2,5,9H,3-4,6-7H2,1H3,(H,12,13). The van der Waals surface area contributed by atoms with Crippen LogP contribution in [0, 0.1) is 17.0 Å². The number of aromatic nitrogens is 1. The minimum atomic E-state index is -0.359. The van der Waals surface area contributed by atoms with Crippen LogP contribution in [0.3, 0.4) is 0 Å². The molecule has 1 aliphatic heterocycles. The van der Waals surface area contributed by atoms with E-state index in [1.54, 1.807) is 19.2 Å². The van der Waals surface area contributed by atoms with E-state index in [-0.39, 0.29) is 10.6 Å². The first-order valence-electron chi connectivity index (χ1n) is 5.63. The van der Waals surface area contributed by atoms with Gasteiger partial charge in [-0.2, -0.15) is 11.8 Å². The van der Waals surface area contributed by atoms with E-state index in [4.69, 9.17) is 0 Å². The summed E-state index contributed by atoms with van der Waals surface area (Å²) in [6.07, 6.45) is 3.69. The van der Waals surface area contributed by atoms with Gasteiger partial charge in [0.25, 0.3) is 0 Å². The first kappa shape index (κ1) is 12.2. The molecule has 0 aromatic carbocycles. The highest BCUT2D eigenvalue weighted by Gasteiger charge is 2.22. The Morgan fingerprint density at radius 1 is 1.53 bits per heavy atom. The molecular weight excluding hydrogens is 238 g/mol. The fourth-order valence-corrected chi connectivity index (χ4v) is 3.03. The van der Waals surface area contributed by atoms with Crippen molar-refractivity contribution in [3.63, 3.8) is 0 Å². The quantitative estimate of drug-likeness (QED) is 0.662. The van der Waals surface area contributed by atoms with Gasteiger partial charge in [-0.25, -0.2) is 4.98 Å². The van der Waals surface area contributed by atoms with E-state index in [2.05, 4.69) is 10.3 Å². The van der Waals surface area contributed by atoms with Crippen LogP contribution in [0.15, 0.2) is 12.3 Å². The van der Waals surface area contributed by atoms with E-state index >= 15 is 0 Å². The molecule has 0 saturated carbocycles. The van der Waals surface area contributed by atoms with Gasteiger partial charge in [0.15, 0.2) is 0 Å². The smallest absolute Gasteiger partial charge is 0.314 e. The second-order valence-corrected chi connectivity index (χ2v) is 5.34. The van der Waals surface area contributed by atoms with Crippen LogP contribution in [-0.4, -0.2) is 27.5 Å². The minimum absolute atomic E-state index is 0.103. The lowest BCUT2D eigenvalue weighted by Gasteiger charge is -2.22. The maximum absolute atomic E-state index is 11.0. The molecule has 0 spiro atoms. The second-order valence-electron chi connectivity index (χ2n) is 4.11. The van der Waals surface area contributed by atoms with Gasteiger partial charge in [0.2, 0.25) is 5.82 Å². The highest BCUT2D eigenvalue weighted by molar-refractivity contribution is 7.99. The Hall–Kier alpha value is -1.30. The van der Waals surface area contributed by atoms with Gasteiger partial charge in [-0.3, -0.25) is 10.1 Å². The molecule has 1 aromatic rings. The van der Waals surface area contributed by atoms with E-state index in [1.807, 2.05) is 11.8 Å². The number of anilines is 1. The number of rotatable bonds is 3. The van der Waals surface area contributed by atoms with Gasteiger partial charge in [-0.05, 0) is 37.3 Å². The lowest BCUT2D eigenvalue weighted by molar-refractivity contribution is -0.384. The lowest BCUT2D eigenvalue weighted by atomic mass is 10.1. The van der Waals surface area contributed by atoms with Gasteiger partial charge in [0.05, 0.1) is 4.92 Å². The highest BCUT2D eigenvalue weighted by atomic mass is 32.2. The molecule has 1 saturated heterocycles. The molecule has 17 heavy (non-hydrogen) atoms. The summed E-state index contributed by atoms with van der Waals surface area (Å²) < 4.78 is 0. The predicted octanol–water partition coefficient (Wildman–Crippen LogP) is 2.61. The summed E-state index contributed by atoms with van der Waals surface area (Å²) in [5, 5.41) is 14.2. The molecule has 0 atom stereocenters. The number of aryl methyl sites for hydroxylation is 1. The largest absolute Gasteiger partial charge is 0.362 e. The van der Waals surface area contributed by atoms with Crippen molar-refractivity contribution in [2.24, 2.45) is 0 Å². The van der Waals surface area contributed by atoms with Crippen molar-refractivity contribution in [2.75, 3.05) is 16.8 Å². The normalized spacial score (nSPS) is 16.8. The first-order valence-corrected chi connectivity index (χ1v) is 6.78. The number of nitrogens with zero attached hydrogens (tertiary/aromatic N) is 2. The molecule has 0 unspecified atom stereocenters. The van der Waals surface area contributed by atoms with Crippen molar-refractivity contribution in [2.45, 2.75) is 25.8 Å². The van der Waals surface area contributed by atoms with Crippen LogP contribution in [-0.2, 0) is 0 Å². The summed E-state index contributed by atoms with van der Waals surface area (Å²) in [7, 11) is 0. The molecule has 5 nitrogen and oxygen atoms in total. The summed E-state index contributed by atoms with van der Waals surface area (Å²) in [6.45, 7) is 1.74. The molecule has 6 heteroatoms. The second kappa shape index (κ2) is 5.35. The fourth-order valence-electron chi connectivity index (χ4n) is 1.92. The molecule has 0 radical (unpaired) electrons. The summed E-state index contributed by atoms with van der Waals surface area (Å²) in [6, 6.07) is 1.98. The Morgan fingerprint density at radius 2 is 2.24 bits per heavy atom. The molecule has 1 aromatic heterocycles. The number of hydrogen-bond donors (Lipinski definition) is 1.